The highest BCUT2D eigenvalue weighted by Gasteiger charge is 2.64. The number of hydrogen-bond donors (Lipinski definition) is 1. The number of urea groups is 1. The van der Waals surface area contributed by atoms with E-state index in [2.05, 4.69) is 22.0 Å². The van der Waals surface area contributed by atoms with Crippen molar-refractivity contribution in [1.29, 1.82) is 0 Å². The number of fused-ring (bicyclic) bond motifs is 2. The number of nitrogens with zero attached hydrogens (tertiary/aromatic N) is 3. The van der Waals surface area contributed by atoms with Gasteiger partial charge in [-0.1, -0.05) is 6.92 Å². The van der Waals surface area contributed by atoms with E-state index in [1.54, 1.807) is 7.05 Å². The van der Waals surface area contributed by atoms with E-state index in [1.807, 2.05) is 4.90 Å². The Morgan fingerprint density at radius 3 is 2.31 bits per heavy atom. The highest BCUT2D eigenvalue weighted by atomic mass is 16.2. The molecule has 6 heteroatoms. The summed E-state index contributed by atoms with van der Waals surface area (Å²) in [5.41, 5.74) is 0.0966. The van der Waals surface area contributed by atoms with Gasteiger partial charge in [0.25, 0.3) is 0 Å². The topological polar surface area (TPSA) is 55.9 Å². The number of carbonyl (C=O) groups excluding carboxylic acids is 2. The molecule has 2 atom stereocenters. The van der Waals surface area contributed by atoms with Crippen LogP contribution in [0.25, 0.3) is 0 Å². The summed E-state index contributed by atoms with van der Waals surface area (Å²) in [5.74, 6) is 0.913. The van der Waals surface area contributed by atoms with Crippen molar-refractivity contribution in [3.63, 3.8) is 0 Å². The van der Waals surface area contributed by atoms with Gasteiger partial charge in [-0.15, -0.1) is 0 Å². The minimum absolute atomic E-state index is 0.0406. The quantitative estimate of drug-likeness (QED) is 0.814. The first-order chi connectivity index (χ1) is 12.5. The molecular weight excluding hydrogens is 328 g/mol. The Morgan fingerprint density at radius 1 is 1.00 bits per heavy atom. The third-order valence-electron chi connectivity index (χ3n) is 7.95. The largest absolute Gasteiger partial charge is 0.342 e. The molecule has 0 bridgehead atoms. The SMILES string of the molecule is CCN1C[C@H]2C3(CCN(C(=O)NC)CC3)CC[C@@]2(C(=O)N2CCCC2)C1. The molecule has 1 spiro atoms. The van der Waals surface area contributed by atoms with Crippen LogP contribution >= 0.6 is 0 Å². The van der Waals surface area contributed by atoms with Crippen LogP contribution in [0.1, 0.15) is 45.4 Å². The van der Waals surface area contributed by atoms with Crippen molar-refractivity contribution in [3.8, 4) is 0 Å². The Hall–Kier alpha value is -1.30. The van der Waals surface area contributed by atoms with Crippen LogP contribution in [0.3, 0.4) is 0 Å². The van der Waals surface area contributed by atoms with E-state index in [0.717, 1.165) is 84.3 Å². The predicted molar refractivity (Wildman–Crippen MR) is 101 cm³/mol. The van der Waals surface area contributed by atoms with Gasteiger partial charge < -0.3 is 20.0 Å². The molecule has 0 radical (unpaired) electrons. The highest BCUT2D eigenvalue weighted by molar-refractivity contribution is 5.85. The minimum Gasteiger partial charge on any atom is -0.342 e. The first kappa shape index (κ1) is 18.1. The van der Waals surface area contributed by atoms with E-state index in [1.165, 1.54) is 0 Å². The van der Waals surface area contributed by atoms with E-state index in [4.69, 9.17) is 0 Å². The Kier molecular flexibility index (Phi) is 4.66. The average molecular weight is 363 g/mol. The van der Waals surface area contributed by atoms with Crippen molar-refractivity contribution in [2.24, 2.45) is 16.7 Å². The molecular formula is C20H34N4O2. The molecule has 4 fully saturated rings. The molecule has 1 N–H and O–H groups in total. The Labute approximate surface area is 157 Å². The Bertz CT molecular complexity index is 566. The fourth-order valence-electron chi connectivity index (χ4n) is 6.40. The predicted octanol–water partition coefficient (Wildman–Crippen LogP) is 1.76. The maximum absolute atomic E-state index is 13.6. The smallest absolute Gasteiger partial charge is 0.317 e. The molecule has 1 saturated carbocycles. The molecule has 0 aromatic rings. The third-order valence-corrected chi connectivity index (χ3v) is 7.95. The van der Waals surface area contributed by atoms with Crippen LogP contribution in [0.5, 0.6) is 0 Å². The normalized spacial score (nSPS) is 33.7. The van der Waals surface area contributed by atoms with Crippen LogP contribution in [0.4, 0.5) is 4.79 Å². The number of piperidine rings is 1. The van der Waals surface area contributed by atoms with Gasteiger partial charge >= 0.3 is 6.03 Å². The van der Waals surface area contributed by atoms with Gasteiger partial charge in [-0.3, -0.25) is 4.79 Å². The number of hydrogen-bond acceptors (Lipinski definition) is 3. The molecule has 1 aliphatic carbocycles. The fourth-order valence-corrected chi connectivity index (χ4v) is 6.40. The average Bonchev–Trinajstić information content (AvgIpc) is 3.38. The molecule has 4 aliphatic rings. The number of rotatable bonds is 2. The van der Waals surface area contributed by atoms with Crippen molar-refractivity contribution >= 4 is 11.9 Å². The molecule has 3 amide bonds. The zero-order valence-electron chi connectivity index (χ0n) is 16.4. The van der Waals surface area contributed by atoms with Crippen molar-refractivity contribution in [2.45, 2.75) is 45.4 Å². The lowest BCUT2D eigenvalue weighted by atomic mass is 9.65. The van der Waals surface area contributed by atoms with Gasteiger partial charge in [0.05, 0.1) is 5.41 Å². The summed E-state index contributed by atoms with van der Waals surface area (Å²) >= 11 is 0. The van der Waals surface area contributed by atoms with Crippen LogP contribution in [-0.4, -0.2) is 79.5 Å². The number of likely N-dealkylation sites (tertiary alicyclic amines) is 3. The van der Waals surface area contributed by atoms with E-state index in [9.17, 15) is 9.59 Å². The lowest BCUT2D eigenvalue weighted by molar-refractivity contribution is -0.142. The standard InChI is InChI=1S/C20H34N4O2/c1-3-22-14-16-19(8-12-24(13-9-19)18(26)21-2)6-7-20(16,15-22)17(25)23-10-4-5-11-23/h16H,3-15H2,1-2H3,(H,21,26)/t16-,20+/m0/s1. The summed E-state index contributed by atoms with van der Waals surface area (Å²) in [6, 6.07) is 0.0406. The molecule has 146 valence electrons. The summed E-state index contributed by atoms with van der Waals surface area (Å²) in [7, 11) is 1.71. The highest BCUT2D eigenvalue weighted by Crippen LogP contribution is 2.62. The second-order valence-electron chi connectivity index (χ2n) is 8.94. The van der Waals surface area contributed by atoms with E-state index < -0.39 is 0 Å². The maximum atomic E-state index is 13.6. The second-order valence-corrected chi connectivity index (χ2v) is 8.94. The molecule has 0 unspecified atom stereocenters. The molecule has 0 aromatic heterocycles. The van der Waals surface area contributed by atoms with Gasteiger partial charge in [0, 0.05) is 46.3 Å². The lowest BCUT2D eigenvalue weighted by Gasteiger charge is -2.44. The van der Waals surface area contributed by atoms with Crippen molar-refractivity contribution in [3.05, 3.63) is 0 Å². The van der Waals surface area contributed by atoms with Gasteiger partial charge in [0.2, 0.25) is 5.91 Å². The van der Waals surface area contributed by atoms with Crippen LogP contribution in [0, 0.1) is 16.7 Å². The summed E-state index contributed by atoms with van der Waals surface area (Å²) in [4.78, 5) is 32.2. The molecule has 3 heterocycles. The van der Waals surface area contributed by atoms with E-state index >= 15 is 0 Å². The Morgan fingerprint density at radius 2 is 1.69 bits per heavy atom. The van der Waals surface area contributed by atoms with Crippen molar-refractivity contribution < 1.29 is 9.59 Å². The van der Waals surface area contributed by atoms with E-state index in [0.29, 0.717) is 11.8 Å². The lowest BCUT2D eigenvalue weighted by Crippen LogP contribution is -2.51. The summed E-state index contributed by atoms with van der Waals surface area (Å²) in [6.07, 6.45) is 6.64. The van der Waals surface area contributed by atoms with Gasteiger partial charge in [-0.2, -0.15) is 0 Å². The molecule has 3 saturated heterocycles. The molecule has 4 rings (SSSR count). The number of amides is 3. The molecule has 3 aliphatic heterocycles. The van der Waals surface area contributed by atoms with Crippen LogP contribution < -0.4 is 5.32 Å². The van der Waals surface area contributed by atoms with Gasteiger partial charge in [-0.25, -0.2) is 4.79 Å². The minimum atomic E-state index is -0.157. The van der Waals surface area contributed by atoms with Crippen molar-refractivity contribution in [2.75, 3.05) is 52.9 Å². The monoisotopic (exact) mass is 362 g/mol. The zero-order chi connectivity index (χ0) is 18.4. The molecule has 6 nitrogen and oxygen atoms in total. The van der Waals surface area contributed by atoms with Crippen LogP contribution in [0.2, 0.25) is 0 Å². The Balaban J connectivity index is 1.56. The maximum Gasteiger partial charge on any atom is 0.317 e. The summed E-state index contributed by atoms with van der Waals surface area (Å²) in [5, 5.41) is 2.76. The van der Waals surface area contributed by atoms with Crippen molar-refractivity contribution in [1.82, 2.24) is 20.0 Å². The fraction of sp³-hybridized carbons (Fsp3) is 0.900. The van der Waals surface area contributed by atoms with Gasteiger partial charge in [0.15, 0.2) is 0 Å². The zero-order valence-corrected chi connectivity index (χ0v) is 16.4. The van der Waals surface area contributed by atoms with Crippen LogP contribution in [0.15, 0.2) is 0 Å². The number of carbonyl (C=O) groups is 2. The van der Waals surface area contributed by atoms with Gasteiger partial charge in [0.1, 0.15) is 0 Å². The summed E-state index contributed by atoms with van der Waals surface area (Å²) < 4.78 is 0. The first-order valence-electron chi connectivity index (χ1n) is 10.5. The number of nitrogens with one attached hydrogen (secondary N) is 1. The molecule has 26 heavy (non-hydrogen) atoms. The summed E-state index contributed by atoms with van der Waals surface area (Å²) in [6.45, 7) is 8.84. The van der Waals surface area contributed by atoms with E-state index in [-0.39, 0.29) is 16.9 Å². The third kappa shape index (κ3) is 2.63. The van der Waals surface area contributed by atoms with Gasteiger partial charge in [-0.05, 0) is 56.4 Å². The molecule has 0 aromatic carbocycles. The first-order valence-corrected chi connectivity index (χ1v) is 10.5. The second kappa shape index (κ2) is 6.70. The van der Waals surface area contributed by atoms with Crippen LogP contribution in [-0.2, 0) is 4.79 Å².